The van der Waals surface area contributed by atoms with Crippen LogP contribution in [0.4, 0.5) is 0 Å². The van der Waals surface area contributed by atoms with Crippen LogP contribution in [0, 0.1) is 13.8 Å². The highest BCUT2D eigenvalue weighted by molar-refractivity contribution is 7.89. The molecule has 26 heavy (non-hydrogen) atoms. The van der Waals surface area contributed by atoms with Gasteiger partial charge in [0.15, 0.2) is 0 Å². The number of H-pyrrole nitrogens is 1. The summed E-state index contributed by atoms with van der Waals surface area (Å²) in [6.07, 6.45) is 2.60. The number of hydrogen-bond acceptors (Lipinski definition) is 4. The lowest BCUT2D eigenvalue weighted by Crippen LogP contribution is -2.32. The Hall–Kier alpha value is -2.12. The van der Waals surface area contributed by atoms with Crippen molar-refractivity contribution in [2.45, 2.75) is 51.0 Å². The molecular weight excluding hydrogens is 352 g/mol. The van der Waals surface area contributed by atoms with E-state index >= 15 is 0 Å². The van der Waals surface area contributed by atoms with Crippen LogP contribution in [0.25, 0.3) is 0 Å². The first-order chi connectivity index (χ1) is 12.3. The van der Waals surface area contributed by atoms with Crippen LogP contribution >= 0.6 is 0 Å². The minimum absolute atomic E-state index is 0.0171. The number of esters is 1. The Balaban J connectivity index is 1.99. The molecule has 1 heterocycles. The molecule has 140 valence electrons. The van der Waals surface area contributed by atoms with Crippen molar-refractivity contribution in [3.8, 4) is 0 Å². The van der Waals surface area contributed by atoms with Crippen LogP contribution in [0.1, 0.15) is 58.7 Å². The minimum atomic E-state index is -3.89. The molecule has 0 aliphatic heterocycles. The maximum atomic E-state index is 13.1. The van der Waals surface area contributed by atoms with Crippen molar-refractivity contribution in [1.82, 2.24) is 9.71 Å². The van der Waals surface area contributed by atoms with Crippen molar-refractivity contribution in [3.63, 3.8) is 0 Å². The normalized spacial score (nSPS) is 17.0. The molecule has 1 aromatic heterocycles. The molecule has 1 aromatic carbocycles. The van der Waals surface area contributed by atoms with Gasteiger partial charge in [-0.15, -0.1) is 0 Å². The molecule has 2 N–H and O–H groups in total. The Kier molecular flexibility index (Phi) is 5.20. The molecule has 1 aliphatic rings. The summed E-state index contributed by atoms with van der Waals surface area (Å²) in [7, 11) is -3.89. The highest BCUT2D eigenvalue weighted by Gasteiger charge is 2.33. The van der Waals surface area contributed by atoms with Gasteiger partial charge in [-0.1, -0.05) is 24.3 Å². The van der Waals surface area contributed by atoms with E-state index in [0.29, 0.717) is 11.4 Å². The zero-order chi connectivity index (χ0) is 18.9. The molecule has 0 saturated heterocycles. The minimum Gasteiger partial charge on any atom is -0.462 e. The molecule has 0 spiro atoms. The second-order valence-electron chi connectivity index (χ2n) is 6.56. The van der Waals surface area contributed by atoms with Crippen LogP contribution in [0.5, 0.6) is 0 Å². The third kappa shape index (κ3) is 3.41. The second-order valence-corrected chi connectivity index (χ2v) is 8.22. The molecule has 7 heteroatoms. The predicted octanol–water partition coefficient (Wildman–Crippen LogP) is 3.16. The number of fused-ring (bicyclic) bond motifs is 1. The smallest absolute Gasteiger partial charge is 0.341 e. The SMILES string of the molecule is CCOC(=O)c1c(C)[nH]c(C)c1S(=O)(=O)NC1CCCc2ccccc21. The molecule has 0 fully saturated rings. The van der Waals surface area contributed by atoms with Gasteiger partial charge in [-0.05, 0) is 51.2 Å². The molecule has 2 aromatic rings. The summed E-state index contributed by atoms with van der Waals surface area (Å²) in [5, 5.41) is 0. The van der Waals surface area contributed by atoms with Gasteiger partial charge >= 0.3 is 5.97 Å². The van der Waals surface area contributed by atoms with Crippen LogP contribution in [-0.4, -0.2) is 26.0 Å². The van der Waals surface area contributed by atoms with Crippen molar-refractivity contribution in [3.05, 3.63) is 52.3 Å². The van der Waals surface area contributed by atoms with E-state index in [9.17, 15) is 13.2 Å². The first-order valence-electron chi connectivity index (χ1n) is 8.81. The van der Waals surface area contributed by atoms with Crippen LogP contribution < -0.4 is 4.72 Å². The van der Waals surface area contributed by atoms with E-state index in [0.717, 1.165) is 24.8 Å². The summed E-state index contributed by atoms with van der Waals surface area (Å²) in [6.45, 7) is 5.21. The number of ether oxygens (including phenoxy) is 1. The zero-order valence-electron chi connectivity index (χ0n) is 15.3. The Morgan fingerprint density at radius 2 is 2.00 bits per heavy atom. The van der Waals surface area contributed by atoms with Gasteiger partial charge < -0.3 is 9.72 Å². The lowest BCUT2D eigenvalue weighted by atomic mass is 9.88. The summed E-state index contributed by atoms with van der Waals surface area (Å²) in [6, 6.07) is 7.58. The van der Waals surface area contributed by atoms with Crippen LogP contribution in [0.15, 0.2) is 29.2 Å². The number of carbonyl (C=O) groups excluding carboxylic acids is 1. The molecule has 0 radical (unpaired) electrons. The molecule has 3 rings (SSSR count). The first-order valence-corrected chi connectivity index (χ1v) is 10.3. The van der Waals surface area contributed by atoms with Crippen LogP contribution in [-0.2, 0) is 21.2 Å². The number of aromatic amines is 1. The zero-order valence-corrected chi connectivity index (χ0v) is 16.1. The van der Waals surface area contributed by atoms with Crippen molar-refractivity contribution in [1.29, 1.82) is 0 Å². The quantitative estimate of drug-likeness (QED) is 0.785. The number of nitrogens with one attached hydrogen (secondary N) is 2. The molecule has 0 amide bonds. The Morgan fingerprint density at radius 1 is 1.27 bits per heavy atom. The highest BCUT2D eigenvalue weighted by Crippen LogP contribution is 2.32. The number of carbonyl (C=O) groups is 1. The molecule has 0 bridgehead atoms. The van der Waals surface area contributed by atoms with Crippen molar-refractivity contribution in [2.75, 3.05) is 6.61 Å². The number of sulfonamides is 1. The number of aryl methyl sites for hydroxylation is 3. The highest BCUT2D eigenvalue weighted by atomic mass is 32.2. The van der Waals surface area contributed by atoms with Gasteiger partial charge in [-0.2, -0.15) is 0 Å². The molecule has 1 atom stereocenters. The lowest BCUT2D eigenvalue weighted by molar-refractivity contribution is 0.0521. The van der Waals surface area contributed by atoms with Crippen LogP contribution in [0.2, 0.25) is 0 Å². The first kappa shape index (κ1) is 18.7. The average molecular weight is 376 g/mol. The second kappa shape index (κ2) is 7.25. The maximum absolute atomic E-state index is 13.1. The van der Waals surface area contributed by atoms with Gasteiger partial charge in [-0.3, -0.25) is 0 Å². The fraction of sp³-hybridized carbons (Fsp3) is 0.421. The van der Waals surface area contributed by atoms with E-state index in [1.54, 1.807) is 20.8 Å². The summed E-state index contributed by atoms with van der Waals surface area (Å²) in [5.41, 5.74) is 3.18. The number of benzene rings is 1. The Morgan fingerprint density at radius 3 is 2.73 bits per heavy atom. The largest absolute Gasteiger partial charge is 0.462 e. The summed E-state index contributed by atoms with van der Waals surface area (Å²) in [5.74, 6) is -0.626. The van der Waals surface area contributed by atoms with Crippen molar-refractivity contribution in [2.24, 2.45) is 0 Å². The van der Waals surface area contributed by atoms with E-state index in [-0.39, 0.29) is 23.1 Å². The molecule has 1 unspecified atom stereocenters. The molecule has 6 nitrogen and oxygen atoms in total. The lowest BCUT2D eigenvalue weighted by Gasteiger charge is -2.26. The van der Waals surface area contributed by atoms with Gasteiger partial charge in [0.2, 0.25) is 10.0 Å². The van der Waals surface area contributed by atoms with E-state index < -0.39 is 16.0 Å². The fourth-order valence-electron chi connectivity index (χ4n) is 3.67. The van der Waals surface area contributed by atoms with Gasteiger partial charge in [0.25, 0.3) is 0 Å². The fourth-order valence-corrected chi connectivity index (χ4v) is 5.36. The van der Waals surface area contributed by atoms with Gasteiger partial charge in [0, 0.05) is 17.4 Å². The number of hydrogen-bond donors (Lipinski definition) is 2. The predicted molar refractivity (Wildman–Crippen MR) is 98.7 cm³/mol. The summed E-state index contributed by atoms with van der Waals surface area (Å²) < 4.78 is 34.1. The van der Waals surface area contributed by atoms with Crippen molar-refractivity contribution >= 4 is 16.0 Å². The maximum Gasteiger partial charge on any atom is 0.341 e. The molecule has 0 saturated carbocycles. The monoisotopic (exact) mass is 376 g/mol. The van der Waals surface area contributed by atoms with E-state index in [2.05, 4.69) is 9.71 Å². The van der Waals surface area contributed by atoms with Gasteiger partial charge in [0.1, 0.15) is 10.5 Å². The topological polar surface area (TPSA) is 88.3 Å². The van der Waals surface area contributed by atoms with E-state index in [1.807, 2.05) is 24.3 Å². The standard InChI is InChI=1S/C19H24N2O4S/c1-4-25-19(22)17-12(2)20-13(3)18(17)26(23,24)21-16-11-7-9-14-8-5-6-10-15(14)16/h5-6,8,10,16,20-21H,4,7,9,11H2,1-3H3. The van der Waals surface area contributed by atoms with Gasteiger partial charge in [-0.25, -0.2) is 17.9 Å². The van der Waals surface area contributed by atoms with Crippen molar-refractivity contribution < 1.29 is 17.9 Å². The number of rotatable bonds is 5. The summed E-state index contributed by atoms with van der Waals surface area (Å²) >= 11 is 0. The Labute approximate surface area is 154 Å². The third-order valence-corrected chi connectivity index (χ3v) is 6.38. The molecular formula is C19H24N2O4S. The van der Waals surface area contributed by atoms with E-state index in [1.165, 1.54) is 5.56 Å². The summed E-state index contributed by atoms with van der Waals surface area (Å²) in [4.78, 5) is 15.2. The third-order valence-electron chi connectivity index (χ3n) is 4.73. The van der Waals surface area contributed by atoms with E-state index in [4.69, 9.17) is 4.74 Å². The molecule has 1 aliphatic carbocycles. The number of aromatic nitrogens is 1. The van der Waals surface area contributed by atoms with Gasteiger partial charge in [0.05, 0.1) is 6.61 Å². The average Bonchev–Trinajstić information content (AvgIpc) is 2.90. The Bertz CT molecular complexity index is 931. The van der Waals surface area contributed by atoms with Crippen LogP contribution in [0.3, 0.4) is 0 Å².